The molecule has 4 nitrogen and oxygen atoms in total. The van der Waals surface area contributed by atoms with Gasteiger partial charge in [0.1, 0.15) is 11.4 Å². The van der Waals surface area contributed by atoms with Crippen LogP contribution in [-0.2, 0) is 0 Å². The van der Waals surface area contributed by atoms with E-state index < -0.39 is 0 Å². The maximum absolute atomic E-state index is 5.04. The molecule has 0 saturated heterocycles. The van der Waals surface area contributed by atoms with Crippen LogP contribution in [0.15, 0.2) is 89.1 Å². The minimum Gasteiger partial charge on any atom is -0.275 e. The van der Waals surface area contributed by atoms with Crippen molar-refractivity contribution < 1.29 is 0 Å². The maximum atomic E-state index is 5.04. The zero-order valence-electron chi connectivity index (χ0n) is 13.9. The molecule has 0 fully saturated rings. The van der Waals surface area contributed by atoms with Crippen LogP contribution in [0.1, 0.15) is 29.9 Å². The summed E-state index contributed by atoms with van der Waals surface area (Å²) in [4.78, 5) is 19.0. The van der Waals surface area contributed by atoms with Gasteiger partial charge in [-0.2, -0.15) is 0 Å². The molecule has 0 bridgehead atoms. The van der Waals surface area contributed by atoms with E-state index in [0.717, 1.165) is 28.4 Å². The Morgan fingerprint density at radius 1 is 0.640 bits per heavy atom. The SMILES string of the molecule is CC1N=C(c2ccccn2)C(c2ccccn2)=NC1c1ccccc1. The van der Waals surface area contributed by atoms with E-state index in [9.17, 15) is 0 Å². The Labute approximate surface area is 147 Å². The van der Waals surface area contributed by atoms with Crippen molar-refractivity contribution >= 4 is 11.4 Å². The molecular formula is C21H18N4. The zero-order valence-corrected chi connectivity index (χ0v) is 13.9. The van der Waals surface area contributed by atoms with Crippen molar-refractivity contribution in [2.24, 2.45) is 9.98 Å². The first kappa shape index (κ1) is 15.4. The Morgan fingerprint density at radius 3 is 1.76 bits per heavy atom. The molecule has 1 aliphatic heterocycles. The number of rotatable bonds is 3. The molecule has 122 valence electrons. The molecule has 0 radical (unpaired) electrons. The number of pyridine rings is 2. The highest BCUT2D eigenvalue weighted by Crippen LogP contribution is 2.29. The first-order valence-corrected chi connectivity index (χ1v) is 8.36. The van der Waals surface area contributed by atoms with E-state index in [1.165, 1.54) is 0 Å². The highest BCUT2D eigenvalue weighted by Gasteiger charge is 2.28. The van der Waals surface area contributed by atoms with E-state index in [2.05, 4.69) is 29.0 Å². The Hall–Kier alpha value is -3.14. The van der Waals surface area contributed by atoms with E-state index in [1.54, 1.807) is 12.4 Å². The molecule has 0 spiro atoms. The summed E-state index contributed by atoms with van der Waals surface area (Å²) in [5.74, 6) is 0. The van der Waals surface area contributed by atoms with Gasteiger partial charge in [-0.25, -0.2) is 0 Å². The molecule has 1 aromatic carbocycles. The van der Waals surface area contributed by atoms with Crippen molar-refractivity contribution in [3.63, 3.8) is 0 Å². The van der Waals surface area contributed by atoms with Crippen molar-refractivity contribution in [2.75, 3.05) is 0 Å². The second kappa shape index (κ2) is 6.77. The van der Waals surface area contributed by atoms with Gasteiger partial charge in [-0.05, 0) is 36.8 Å². The molecule has 3 aromatic rings. The summed E-state index contributed by atoms with van der Waals surface area (Å²) in [5, 5.41) is 0. The summed E-state index contributed by atoms with van der Waals surface area (Å²) in [5.41, 5.74) is 4.41. The fraction of sp³-hybridized carbons (Fsp3) is 0.143. The molecule has 25 heavy (non-hydrogen) atoms. The molecule has 4 rings (SSSR count). The van der Waals surface area contributed by atoms with Gasteiger partial charge in [0.25, 0.3) is 0 Å². The van der Waals surface area contributed by atoms with Crippen molar-refractivity contribution in [1.29, 1.82) is 0 Å². The normalized spacial score (nSPS) is 19.9. The lowest BCUT2D eigenvalue weighted by atomic mass is 9.96. The van der Waals surface area contributed by atoms with Crippen LogP contribution in [0.4, 0.5) is 0 Å². The number of aromatic nitrogens is 2. The van der Waals surface area contributed by atoms with Gasteiger partial charge < -0.3 is 0 Å². The lowest BCUT2D eigenvalue weighted by molar-refractivity contribution is 0.588. The van der Waals surface area contributed by atoms with Gasteiger partial charge in [-0.1, -0.05) is 42.5 Å². The quantitative estimate of drug-likeness (QED) is 0.733. The van der Waals surface area contributed by atoms with Crippen LogP contribution in [0.3, 0.4) is 0 Å². The third-order valence-electron chi connectivity index (χ3n) is 4.24. The van der Waals surface area contributed by atoms with Gasteiger partial charge in [0, 0.05) is 12.4 Å². The summed E-state index contributed by atoms with van der Waals surface area (Å²) in [6, 6.07) is 22.0. The van der Waals surface area contributed by atoms with Gasteiger partial charge in [0.2, 0.25) is 0 Å². The molecule has 0 saturated carbocycles. The summed E-state index contributed by atoms with van der Waals surface area (Å²) >= 11 is 0. The Bertz CT molecular complexity index is 902. The summed E-state index contributed by atoms with van der Waals surface area (Å²) in [7, 11) is 0. The molecule has 4 heteroatoms. The van der Waals surface area contributed by atoms with E-state index in [0.29, 0.717) is 0 Å². The lowest BCUT2D eigenvalue weighted by Gasteiger charge is -2.25. The van der Waals surface area contributed by atoms with Crippen LogP contribution < -0.4 is 0 Å². The third kappa shape index (κ3) is 3.11. The molecule has 2 atom stereocenters. The average molecular weight is 326 g/mol. The van der Waals surface area contributed by atoms with E-state index in [-0.39, 0.29) is 12.1 Å². The fourth-order valence-electron chi connectivity index (χ4n) is 3.03. The Kier molecular flexibility index (Phi) is 4.17. The highest BCUT2D eigenvalue weighted by molar-refractivity contribution is 6.53. The molecule has 1 aliphatic rings. The van der Waals surface area contributed by atoms with Crippen molar-refractivity contribution in [3.05, 3.63) is 96.1 Å². The third-order valence-corrected chi connectivity index (χ3v) is 4.24. The van der Waals surface area contributed by atoms with Crippen molar-refractivity contribution in [2.45, 2.75) is 19.0 Å². The predicted molar refractivity (Wildman–Crippen MR) is 100 cm³/mol. The smallest absolute Gasteiger partial charge is 0.111 e. The highest BCUT2D eigenvalue weighted by atomic mass is 15.0. The minimum atomic E-state index is -0.0225. The second-order valence-corrected chi connectivity index (χ2v) is 5.98. The maximum Gasteiger partial charge on any atom is 0.111 e. The predicted octanol–water partition coefficient (Wildman–Crippen LogP) is 3.90. The molecule has 0 aliphatic carbocycles. The fourth-order valence-corrected chi connectivity index (χ4v) is 3.03. The van der Waals surface area contributed by atoms with Crippen LogP contribution >= 0.6 is 0 Å². The number of aliphatic imine (C=N–C) groups is 2. The Morgan fingerprint density at radius 2 is 1.20 bits per heavy atom. The van der Waals surface area contributed by atoms with E-state index in [1.807, 2.05) is 54.6 Å². The van der Waals surface area contributed by atoms with Gasteiger partial charge in [0.05, 0.1) is 23.5 Å². The van der Waals surface area contributed by atoms with Gasteiger partial charge in [0.15, 0.2) is 0 Å². The summed E-state index contributed by atoms with van der Waals surface area (Å²) in [6.07, 6.45) is 3.56. The first-order valence-electron chi connectivity index (χ1n) is 8.36. The van der Waals surface area contributed by atoms with E-state index >= 15 is 0 Å². The minimum absolute atomic E-state index is 0.0225. The topological polar surface area (TPSA) is 50.5 Å². The zero-order chi connectivity index (χ0) is 17.1. The molecule has 0 amide bonds. The monoisotopic (exact) mass is 326 g/mol. The molecule has 3 heterocycles. The standard InChI is InChI=1S/C21H18N4/c1-15-19(16-9-3-2-4-10-16)25-21(18-12-6-8-14-23-18)20(24-15)17-11-5-7-13-22-17/h2-15,19H,1H3. The molecule has 2 unspecified atom stereocenters. The first-order chi connectivity index (χ1) is 12.3. The van der Waals surface area contributed by atoms with Gasteiger partial charge >= 0.3 is 0 Å². The number of benzene rings is 1. The number of hydrogen-bond acceptors (Lipinski definition) is 4. The second-order valence-electron chi connectivity index (χ2n) is 5.98. The van der Waals surface area contributed by atoms with Crippen LogP contribution in [-0.4, -0.2) is 27.4 Å². The summed E-state index contributed by atoms with van der Waals surface area (Å²) in [6.45, 7) is 2.10. The molecule has 0 N–H and O–H groups in total. The van der Waals surface area contributed by atoms with Crippen LogP contribution in [0.2, 0.25) is 0 Å². The number of nitrogens with zero attached hydrogens (tertiary/aromatic N) is 4. The van der Waals surface area contributed by atoms with Crippen molar-refractivity contribution in [3.8, 4) is 0 Å². The molecular weight excluding hydrogens is 308 g/mol. The largest absolute Gasteiger partial charge is 0.275 e. The van der Waals surface area contributed by atoms with Crippen LogP contribution in [0, 0.1) is 0 Å². The van der Waals surface area contributed by atoms with Crippen molar-refractivity contribution in [1.82, 2.24) is 9.97 Å². The lowest BCUT2D eigenvalue weighted by Crippen LogP contribution is -2.29. The number of hydrogen-bond donors (Lipinski definition) is 0. The molecule has 2 aromatic heterocycles. The summed E-state index contributed by atoms with van der Waals surface area (Å²) < 4.78 is 0. The van der Waals surface area contributed by atoms with Gasteiger partial charge in [-0.15, -0.1) is 0 Å². The van der Waals surface area contributed by atoms with Gasteiger partial charge in [-0.3, -0.25) is 20.0 Å². The van der Waals surface area contributed by atoms with Crippen LogP contribution in [0.25, 0.3) is 0 Å². The average Bonchev–Trinajstić information content (AvgIpc) is 2.70. The van der Waals surface area contributed by atoms with E-state index in [4.69, 9.17) is 9.98 Å². The Balaban J connectivity index is 1.84. The van der Waals surface area contributed by atoms with Crippen LogP contribution in [0.5, 0.6) is 0 Å².